The summed E-state index contributed by atoms with van der Waals surface area (Å²) in [4.78, 5) is 0. The summed E-state index contributed by atoms with van der Waals surface area (Å²) in [5.41, 5.74) is 0. The Bertz CT molecular complexity index is 63.5. The smallest absolute Gasteiger partial charge is 0.0173 e. The van der Waals surface area contributed by atoms with Gasteiger partial charge in [-0.1, -0.05) is 0 Å². The van der Waals surface area contributed by atoms with Gasteiger partial charge >= 0.3 is 0 Å². The van der Waals surface area contributed by atoms with Crippen molar-refractivity contribution in [1.29, 1.82) is 0 Å². The molecular formula is C6H11NS. The minimum Gasteiger partial charge on any atom is -0.312 e. The Kier molecular flexibility index (Phi) is 1.23. The van der Waals surface area contributed by atoms with E-state index < -0.39 is 0 Å². The Labute approximate surface area is 54.2 Å². The molecule has 2 unspecified atom stereocenters. The van der Waals surface area contributed by atoms with Gasteiger partial charge in [-0.25, -0.2) is 0 Å². The van der Waals surface area contributed by atoms with E-state index >= 15 is 0 Å². The van der Waals surface area contributed by atoms with Crippen LogP contribution in [0.25, 0.3) is 0 Å². The van der Waals surface area contributed by atoms with E-state index in [1.165, 1.54) is 25.1 Å². The summed E-state index contributed by atoms with van der Waals surface area (Å²) < 4.78 is 0. The second-order valence-electron chi connectivity index (χ2n) is 2.64. The Morgan fingerprint density at radius 3 is 2.50 bits per heavy atom. The lowest BCUT2D eigenvalue weighted by Gasteiger charge is -2.36. The maximum atomic E-state index is 3.50. The quantitative estimate of drug-likeness (QED) is 0.520. The lowest BCUT2D eigenvalue weighted by Crippen LogP contribution is -2.46. The van der Waals surface area contributed by atoms with Crippen molar-refractivity contribution in [3.05, 3.63) is 0 Å². The average molecular weight is 129 g/mol. The van der Waals surface area contributed by atoms with Crippen LogP contribution in [-0.2, 0) is 0 Å². The van der Waals surface area contributed by atoms with Crippen LogP contribution in [0.1, 0.15) is 12.8 Å². The summed E-state index contributed by atoms with van der Waals surface area (Å²) in [5, 5.41) is 4.46. The van der Waals surface area contributed by atoms with E-state index in [2.05, 4.69) is 17.1 Å². The van der Waals surface area contributed by atoms with Crippen molar-refractivity contribution < 1.29 is 0 Å². The second-order valence-corrected chi connectivity index (χ2v) is 3.97. The second kappa shape index (κ2) is 1.92. The van der Waals surface area contributed by atoms with Crippen LogP contribution >= 0.6 is 11.8 Å². The number of rotatable bonds is 0. The number of hydrogen-bond donors (Lipinski definition) is 1. The SMILES string of the molecule is C1CC2CNC1CS2. The predicted molar refractivity (Wildman–Crippen MR) is 37.3 cm³/mol. The molecule has 0 amide bonds. The highest BCUT2D eigenvalue weighted by Crippen LogP contribution is 2.28. The molecule has 0 aliphatic carbocycles. The molecule has 3 fully saturated rings. The molecule has 2 heteroatoms. The van der Waals surface area contributed by atoms with Crippen molar-refractivity contribution in [2.24, 2.45) is 0 Å². The van der Waals surface area contributed by atoms with Crippen molar-refractivity contribution in [3.63, 3.8) is 0 Å². The third-order valence-electron chi connectivity index (χ3n) is 2.00. The molecule has 2 atom stereocenters. The van der Waals surface area contributed by atoms with Gasteiger partial charge < -0.3 is 5.32 Å². The van der Waals surface area contributed by atoms with Crippen molar-refractivity contribution in [3.8, 4) is 0 Å². The Morgan fingerprint density at radius 1 is 1.38 bits per heavy atom. The lowest BCUT2D eigenvalue weighted by molar-refractivity contribution is 0.419. The topological polar surface area (TPSA) is 12.0 Å². The summed E-state index contributed by atoms with van der Waals surface area (Å²) in [6.45, 7) is 1.27. The summed E-state index contributed by atoms with van der Waals surface area (Å²) >= 11 is 2.15. The van der Waals surface area contributed by atoms with Gasteiger partial charge in [0, 0.05) is 23.6 Å². The molecule has 1 nitrogen and oxygen atoms in total. The third-order valence-corrected chi connectivity index (χ3v) is 3.47. The molecule has 0 radical (unpaired) electrons. The van der Waals surface area contributed by atoms with Gasteiger partial charge in [0.25, 0.3) is 0 Å². The Morgan fingerprint density at radius 2 is 2.38 bits per heavy atom. The summed E-state index contributed by atoms with van der Waals surface area (Å²) in [7, 11) is 0. The largest absolute Gasteiger partial charge is 0.312 e. The van der Waals surface area contributed by atoms with Gasteiger partial charge in [-0.2, -0.15) is 11.8 Å². The van der Waals surface area contributed by atoms with E-state index in [4.69, 9.17) is 0 Å². The van der Waals surface area contributed by atoms with Crippen LogP contribution in [0.3, 0.4) is 0 Å². The van der Waals surface area contributed by atoms with E-state index in [1.54, 1.807) is 0 Å². The predicted octanol–water partition coefficient (Wildman–Crippen LogP) is 0.854. The molecule has 46 valence electrons. The van der Waals surface area contributed by atoms with Gasteiger partial charge in [0.2, 0.25) is 0 Å². The number of fused-ring (bicyclic) bond motifs is 3. The summed E-state index contributed by atoms with van der Waals surface area (Å²) in [6.07, 6.45) is 2.89. The van der Waals surface area contributed by atoms with E-state index in [9.17, 15) is 0 Å². The maximum absolute atomic E-state index is 3.50. The van der Waals surface area contributed by atoms with Crippen LogP contribution in [0.2, 0.25) is 0 Å². The zero-order valence-corrected chi connectivity index (χ0v) is 5.71. The number of hydrogen-bond acceptors (Lipinski definition) is 2. The van der Waals surface area contributed by atoms with E-state index in [0.29, 0.717) is 0 Å². The van der Waals surface area contributed by atoms with Gasteiger partial charge in [-0.05, 0) is 12.8 Å². The Balaban J connectivity index is 2.03. The lowest BCUT2D eigenvalue weighted by atomic mass is 10.1. The van der Waals surface area contributed by atoms with Crippen LogP contribution in [-0.4, -0.2) is 23.6 Å². The number of nitrogens with one attached hydrogen (secondary N) is 1. The summed E-state index contributed by atoms with van der Waals surface area (Å²) in [6, 6.07) is 0.866. The van der Waals surface area contributed by atoms with Gasteiger partial charge in [-0.15, -0.1) is 0 Å². The van der Waals surface area contributed by atoms with Crippen molar-refractivity contribution in [2.45, 2.75) is 24.1 Å². The van der Waals surface area contributed by atoms with Crippen LogP contribution in [0.5, 0.6) is 0 Å². The molecule has 3 saturated heterocycles. The first-order valence-corrected chi connectivity index (χ1v) is 4.35. The fraction of sp³-hybridized carbons (Fsp3) is 1.00. The van der Waals surface area contributed by atoms with Crippen molar-refractivity contribution in [2.75, 3.05) is 12.3 Å². The molecule has 0 spiro atoms. The highest BCUT2D eigenvalue weighted by molar-refractivity contribution is 8.00. The fourth-order valence-corrected chi connectivity index (χ4v) is 2.73. The molecule has 3 aliphatic rings. The molecule has 3 aliphatic heterocycles. The zero-order chi connectivity index (χ0) is 5.40. The highest BCUT2D eigenvalue weighted by atomic mass is 32.2. The molecular weight excluding hydrogens is 118 g/mol. The molecule has 0 saturated carbocycles. The monoisotopic (exact) mass is 129 g/mol. The van der Waals surface area contributed by atoms with E-state index in [-0.39, 0.29) is 0 Å². The first-order chi connectivity index (χ1) is 3.95. The first-order valence-electron chi connectivity index (χ1n) is 3.30. The van der Waals surface area contributed by atoms with Crippen molar-refractivity contribution in [1.82, 2.24) is 5.32 Å². The molecule has 0 aromatic heterocycles. The minimum absolute atomic E-state index is 0.866. The standard InChI is InChI=1S/C6H11NS/c1-2-6-3-7-5(1)4-8-6/h5-7H,1-4H2. The average Bonchev–Trinajstić information content (AvgIpc) is 1.92. The van der Waals surface area contributed by atoms with Gasteiger partial charge in [0.05, 0.1) is 0 Å². The fourth-order valence-electron chi connectivity index (χ4n) is 1.43. The summed E-state index contributed by atoms with van der Waals surface area (Å²) in [5.74, 6) is 1.37. The van der Waals surface area contributed by atoms with Gasteiger partial charge in [0.1, 0.15) is 0 Å². The normalized spacial score (nSPS) is 45.0. The molecule has 1 N–H and O–H groups in total. The minimum atomic E-state index is 0.866. The van der Waals surface area contributed by atoms with Crippen LogP contribution < -0.4 is 5.32 Å². The van der Waals surface area contributed by atoms with Crippen molar-refractivity contribution >= 4 is 11.8 Å². The molecule has 3 heterocycles. The van der Waals surface area contributed by atoms with Crippen LogP contribution in [0.15, 0.2) is 0 Å². The maximum Gasteiger partial charge on any atom is 0.0173 e. The first kappa shape index (κ1) is 5.12. The van der Waals surface area contributed by atoms with Gasteiger partial charge in [0.15, 0.2) is 0 Å². The molecule has 8 heavy (non-hydrogen) atoms. The van der Waals surface area contributed by atoms with E-state index in [1.807, 2.05) is 0 Å². The van der Waals surface area contributed by atoms with Crippen LogP contribution in [0, 0.1) is 0 Å². The molecule has 2 bridgehead atoms. The Hall–Kier alpha value is 0.310. The zero-order valence-electron chi connectivity index (χ0n) is 4.89. The van der Waals surface area contributed by atoms with Gasteiger partial charge in [-0.3, -0.25) is 0 Å². The van der Waals surface area contributed by atoms with Crippen LogP contribution in [0.4, 0.5) is 0 Å². The molecule has 3 rings (SSSR count). The number of piperidine rings is 1. The number of thioether (sulfide) groups is 1. The molecule has 0 aromatic carbocycles. The third kappa shape index (κ3) is 0.759. The highest BCUT2D eigenvalue weighted by Gasteiger charge is 2.26. The van der Waals surface area contributed by atoms with E-state index in [0.717, 1.165) is 11.3 Å². The molecule has 0 aromatic rings.